The van der Waals surface area contributed by atoms with Crippen LogP contribution in [0.4, 0.5) is 5.82 Å². The molecule has 2 N–H and O–H groups in total. The Kier molecular flexibility index (Phi) is 18.0. The average Bonchev–Trinajstić information content (AvgIpc) is 2.60. The van der Waals surface area contributed by atoms with Crippen molar-refractivity contribution in [2.24, 2.45) is 0 Å². The van der Waals surface area contributed by atoms with E-state index in [-0.39, 0.29) is 8.85 Å². The molecule has 26 heavy (non-hydrogen) atoms. The minimum atomic E-state index is 0. The number of anilines is 1. The van der Waals surface area contributed by atoms with Gasteiger partial charge in [0.2, 0.25) is 0 Å². The number of unbranched alkanes of at least 4 members (excludes halogenated alkanes) is 1. The second-order valence-electron chi connectivity index (χ2n) is 5.77. The monoisotopic (exact) mass is 364 g/mol. The summed E-state index contributed by atoms with van der Waals surface area (Å²) in [5.74, 6) is 0.839. The van der Waals surface area contributed by atoms with Gasteiger partial charge >= 0.3 is 0 Å². The first-order chi connectivity index (χ1) is 12.1. The molecule has 0 aliphatic heterocycles. The predicted octanol–water partition coefficient (Wildman–Crippen LogP) is 5.04. The van der Waals surface area contributed by atoms with Gasteiger partial charge in [-0.15, -0.1) is 0 Å². The van der Waals surface area contributed by atoms with E-state index in [1.165, 1.54) is 32.1 Å². The van der Waals surface area contributed by atoms with Crippen molar-refractivity contribution in [1.29, 1.82) is 0 Å². The smallest absolute Gasteiger partial charge is 0.136 e. The molecule has 1 saturated carbocycles. The number of carbonyl (C=O) groups is 1. The van der Waals surface area contributed by atoms with Gasteiger partial charge in [0.15, 0.2) is 0 Å². The zero-order valence-electron chi connectivity index (χ0n) is 16.2. The van der Waals surface area contributed by atoms with E-state index in [1.54, 1.807) is 12.4 Å². The molecule has 5 nitrogen and oxygen atoms in total. The Bertz CT molecular complexity index is 515. The van der Waals surface area contributed by atoms with Gasteiger partial charge in [-0.3, -0.25) is 0 Å². The molecular weight excluding hydrogens is 324 g/mol. The molecule has 1 heterocycles. The predicted molar refractivity (Wildman–Crippen MR) is 117 cm³/mol. The molecule has 0 bridgehead atoms. The van der Waals surface area contributed by atoms with Crippen LogP contribution >= 0.6 is 0 Å². The topological polar surface area (TPSA) is 66.9 Å². The van der Waals surface area contributed by atoms with Crippen LogP contribution in [0.5, 0.6) is 0 Å². The fraction of sp³-hybridized carbons (Fsp3) is 0.571. The van der Waals surface area contributed by atoms with E-state index in [9.17, 15) is 4.79 Å². The zero-order chi connectivity index (χ0) is 18.9. The quantitative estimate of drug-likeness (QED) is 0.524. The third-order valence-electron chi connectivity index (χ3n) is 3.81. The number of aldehydes is 1. The van der Waals surface area contributed by atoms with Crippen molar-refractivity contribution < 1.29 is 6.22 Å². The summed E-state index contributed by atoms with van der Waals surface area (Å²) in [5, 5.41) is 6.11. The minimum absolute atomic E-state index is 0. The summed E-state index contributed by atoms with van der Waals surface area (Å²) in [6, 6.07) is 0.653. The summed E-state index contributed by atoms with van der Waals surface area (Å²) in [6.45, 7) is 10.5. The maximum atomic E-state index is 9.79. The van der Waals surface area contributed by atoms with Gasteiger partial charge in [0.25, 0.3) is 0 Å². The lowest BCUT2D eigenvalue weighted by Gasteiger charge is -2.25. The van der Waals surface area contributed by atoms with Crippen molar-refractivity contribution in [3.05, 3.63) is 36.3 Å². The van der Waals surface area contributed by atoms with E-state index in [2.05, 4.69) is 41.0 Å². The molecule has 0 radical (unpaired) electrons. The van der Waals surface area contributed by atoms with Gasteiger partial charge in [0.1, 0.15) is 18.4 Å². The first kappa shape index (κ1) is 26.2. The van der Waals surface area contributed by atoms with E-state index in [4.69, 9.17) is 0 Å². The summed E-state index contributed by atoms with van der Waals surface area (Å²) in [6.07, 6.45) is 14.5. The van der Waals surface area contributed by atoms with Gasteiger partial charge in [0, 0.05) is 20.1 Å². The molecule has 1 fully saturated rings. The van der Waals surface area contributed by atoms with Crippen LogP contribution in [-0.4, -0.2) is 35.9 Å². The van der Waals surface area contributed by atoms with Crippen LogP contribution in [0, 0.1) is 6.92 Å². The summed E-state index contributed by atoms with van der Waals surface area (Å²) < 4.78 is 0. The van der Waals surface area contributed by atoms with Gasteiger partial charge in [-0.1, -0.05) is 59.3 Å². The molecular formula is C21H40N4O. The second kappa shape index (κ2) is 17.8. The summed E-state index contributed by atoms with van der Waals surface area (Å²) in [5.41, 5.74) is 1.96. The van der Waals surface area contributed by atoms with Gasteiger partial charge in [-0.2, -0.15) is 0 Å². The fourth-order valence-electron chi connectivity index (χ4n) is 1.87. The van der Waals surface area contributed by atoms with E-state index in [1.807, 2.05) is 26.1 Å². The third kappa shape index (κ3) is 11.5. The molecule has 0 spiro atoms. The normalized spacial score (nSPS) is 12.5. The number of rotatable bonds is 7. The van der Waals surface area contributed by atoms with Gasteiger partial charge in [0.05, 0.1) is 12.2 Å². The number of nitrogens with one attached hydrogen (secondary N) is 2. The second-order valence-corrected chi connectivity index (χ2v) is 5.77. The van der Waals surface area contributed by atoms with Crippen molar-refractivity contribution in [3.8, 4) is 0 Å². The Morgan fingerprint density at radius 2 is 1.96 bits per heavy atom. The van der Waals surface area contributed by atoms with Crippen molar-refractivity contribution in [3.63, 3.8) is 0 Å². The van der Waals surface area contributed by atoms with Crippen LogP contribution < -0.4 is 10.6 Å². The van der Waals surface area contributed by atoms with Crippen molar-refractivity contribution in [2.45, 2.75) is 66.3 Å². The molecule has 0 amide bonds. The number of hydrogen-bond acceptors (Lipinski definition) is 5. The number of allylic oxidation sites excluding steroid dienone is 2. The Balaban J connectivity index is -0.000000355. The van der Waals surface area contributed by atoms with E-state index in [0.717, 1.165) is 23.4 Å². The molecule has 0 unspecified atom stereocenters. The van der Waals surface area contributed by atoms with Crippen molar-refractivity contribution in [1.82, 2.24) is 15.3 Å². The Morgan fingerprint density at radius 1 is 1.31 bits per heavy atom. The van der Waals surface area contributed by atoms with Crippen molar-refractivity contribution in [2.75, 3.05) is 18.9 Å². The lowest BCUT2D eigenvalue weighted by molar-refractivity contribution is -0.107. The van der Waals surface area contributed by atoms with Gasteiger partial charge in [-0.25, -0.2) is 9.97 Å². The molecule has 2 rings (SSSR count). The summed E-state index contributed by atoms with van der Waals surface area (Å²) in [7, 11) is 1.84. The maximum absolute atomic E-state index is 9.79. The third-order valence-corrected chi connectivity index (χ3v) is 3.81. The first-order valence-corrected chi connectivity index (χ1v) is 9.09. The molecule has 0 aromatic carbocycles. The lowest BCUT2D eigenvalue weighted by atomic mass is 9.93. The lowest BCUT2D eigenvalue weighted by Crippen LogP contribution is -2.35. The van der Waals surface area contributed by atoms with Gasteiger partial charge < -0.3 is 15.4 Å². The van der Waals surface area contributed by atoms with E-state index in [0.29, 0.717) is 12.6 Å². The molecule has 150 valence electrons. The summed E-state index contributed by atoms with van der Waals surface area (Å²) >= 11 is 0. The van der Waals surface area contributed by atoms with Crippen molar-refractivity contribution >= 4 is 18.2 Å². The first-order valence-electron chi connectivity index (χ1n) is 9.09. The van der Waals surface area contributed by atoms with Crippen LogP contribution in [-0.2, 0) is 4.79 Å². The van der Waals surface area contributed by atoms with E-state index >= 15 is 0 Å². The highest BCUT2D eigenvalue weighted by atomic mass is 16.1. The molecule has 0 atom stereocenters. The Labute approximate surface area is 161 Å². The minimum Gasteiger partial charge on any atom is -0.373 e. The fourth-order valence-corrected chi connectivity index (χ4v) is 1.87. The maximum Gasteiger partial charge on any atom is 0.136 e. The molecule has 1 aliphatic rings. The highest BCUT2D eigenvalue weighted by molar-refractivity contribution is 5.65. The Morgan fingerprint density at radius 3 is 2.38 bits per heavy atom. The standard InChI is InChI=1S/C10H13N3.C6H11NO.C4H10.CH4.H2/c1-4-5-6-9-8(2)12-7-13-10(9)11-3;8-5-4-7-6-2-1-3-6;1-3-4-2;;/h4-7H,1H2,2-3H3,(H,11,12,13);5-7H,1-4H2;3-4H2,1-2H3;1H4;1H/b6-5-;;;;. The van der Waals surface area contributed by atoms with Crippen LogP contribution in [0.2, 0.25) is 0 Å². The average molecular weight is 365 g/mol. The number of carbonyl (C=O) groups excluding carboxylic acids is 1. The zero-order valence-corrected chi connectivity index (χ0v) is 16.2. The molecule has 1 aliphatic carbocycles. The SMILES string of the molecule is C.C=C/C=C\c1c(C)ncnc1NC.CCCC.O=CCNC1CCC1.[HH]. The Hall–Kier alpha value is -2.01. The number of hydrogen-bond donors (Lipinski definition) is 2. The number of nitrogens with zero attached hydrogens (tertiary/aromatic N) is 2. The van der Waals surface area contributed by atoms with Crippen LogP contribution in [0.25, 0.3) is 6.08 Å². The number of aryl methyl sites for hydroxylation is 1. The van der Waals surface area contributed by atoms with Crippen LogP contribution in [0.3, 0.4) is 0 Å². The van der Waals surface area contributed by atoms with Crippen LogP contribution in [0.1, 0.15) is 66.1 Å². The van der Waals surface area contributed by atoms with Gasteiger partial charge in [-0.05, 0) is 25.8 Å². The van der Waals surface area contributed by atoms with Crippen LogP contribution in [0.15, 0.2) is 25.1 Å². The molecule has 5 heteroatoms. The number of aromatic nitrogens is 2. The highest BCUT2D eigenvalue weighted by Gasteiger charge is 2.15. The van der Waals surface area contributed by atoms with E-state index < -0.39 is 0 Å². The molecule has 1 aromatic rings. The largest absolute Gasteiger partial charge is 0.373 e. The molecule has 0 saturated heterocycles. The molecule has 1 aromatic heterocycles. The summed E-state index contributed by atoms with van der Waals surface area (Å²) in [4.78, 5) is 18.0. The highest BCUT2D eigenvalue weighted by Crippen LogP contribution is 2.17.